The molecule has 17 heavy (non-hydrogen) atoms. The number of hydrogen-bond donors (Lipinski definition) is 1. The molecular formula is C15H30N2. The standard InChI is InChI=1S/C15H30N2/c1-4-14(2)17(3)13-12-16-15-10-8-6-5-7-9-11-15/h8,10,14-16H,4-7,9,11-13H2,1-3H3/b10-8+. The molecule has 0 fully saturated rings. The van der Waals surface area contributed by atoms with Crippen molar-refractivity contribution in [3.05, 3.63) is 12.2 Å². The van der Waals surface area contributed by atoms with E-state index in [1.165, 1.54) is 38.5 Å². The van der Waals surface area contributed by atoms with Gasteiger partial charge in [0.25, 0.3) is 0 Å². The van der Waals surface area contributed by atoms with Crippen LogP contribution in [0.1, 0.15) is 52.4 Å². The van der Waals surface area contributed by atoms with Crippen LogP contribution in [-0.4, -0.2) is 37.1 Å². The number of nitrogens with zero attached hydrogens (tertiary/aromatic N) is 1. The van der Waals surface area contributed by atoms with Crippen LogP contribution in [0.3, 0.4) is 0 Å². The molecule has 0 heterocycles. The maximum Gasteiger partial charge on any atom is 0.0250 e. The first kappa shape index (κ1) is 14.7. The van der Waals surface area contributed by atoms with Crippen LogP contribution in [0.25, 0.3) is 0 Å². The second kappa shape index (κ2) is 8.71. The minimum absolute atomic E-state index is 0.612. The first-order valence-corrected chi connectivity index (χ1v) is 7.34. The molecule has 0 spiro atoms. The molecule has 0 aromatic heterocycles. The van der Waals surface area contributed by atoms with Crippen LogP contribution >= 0.6 is 0 Å². The van der Waals surface area contributed by atoms with Crippen molar-refractivity contribution in [1.29, 1.82) is 0 Å². The van der Waals surface area contributed by atoms with E-state index in [9.17, 15) is 0 Å². The Morgan fingerprint density at radius 2 is 2.18 bits per heavy atom. The third kappa shape index (κ3) is 6.23. The molecule has 0 aromatic rings. The summed E-state index contributed by atoms with van der Waals surface area (Å²) in [5.41, 5.74) is 0. The third-order valence-corrected chi connectivity index (χ3v) is 3.97. The average molecular weight is 238 g/mol. The van der Waals surface area contributed by atoms with Crippen LogP contribution in [-0.2, 0) is 0 Å². The van der Waals surface area contributed by atoms with Gasteiger partial charge in [-0.05, 0) is 39.7 Å². The number of rotatable bonds is 6. The van der Waals surface area contributed by atoms with Crippen molar-refractivity contribution in [2.45, 2.75) is 64.5 Å². The summed E-state index contributed by atoms with van der Waals surface area (Å²) >= 11 is 0. The lowest BCUT2D eigenvalue weighted by Gasteiger charge is -2.25. The summed E-state index contributed by atoms with van der Waals surface area (Å²) in [4.78, 5) is 2.44. The zero-order chi connectivity index (χ0) is 12.5. The summed E-state index contributed by atoms with van der Waals surface area (Å²) in [6.07, 6.45) is 12.7. The van der Waals surface area contributed by atoms with Gasteiger partial charge in [0, 0.05) is 25.2 Å². The highest BCUT2D eigenvalue weighted by Crippen LogP contribution is 2.11. The predicted octanol–water partition coefficient (Wildman–Crippen LogP) is 3.20. The second-order valence-corrected chi connectivity index (χ2v) is 5.36. The van der Waals surface area contributed by atoms with Gasteiger partial charge in [0.15, 0.2) is 0 Å². The Labute approximate surface area is 107 Å². The van der Waals surface area contributed by atoms with E-state index in [-0.39, 0.29) is 0 Å². The van der Waals surface area contributed by atoms with Gasteiger partial charge >= 0.3 is 0 Å². The second-order valence-electron chi connectivity index (χ2n) is 5.36. The number of nitrogens with one attached hydrogen (secondary N) is 1. The fourth-order valence-electron chi connectivity index (χ4n) is 2.29. The number of hydrogen-bond acceptors (Lipinski definition) is 2. The Hall–Kier alpha value is -0.340. The van der Waals surface area contributed by atoms with Crippen LogP contribution in [0.15, 0.2) is 12.2 Å². The first-order chi connectivity index (χ1) is 8.24. The Bertz CT molecular complexity index is 213. The highest BCUT2D eigenvalue weighted by Gasteiger charge is 2.08. The van der Waals surface area contributed by atoms with Crippen molar-refractivity contribution in [3.8, 4) is 0 Å². The molecule has 0 bridgehead atoms. The fourth-order valence-corrected chi connectivity index (χ4v) is 2.29. The van der Waals surface area contributed by atoms with Crippen molar-refractivity contribution in [2.24, 2.45) is 0 Å². The summed E-state index contributed by atoms with van der Waals surface area (Å²) in [6, 6.07) is 1.31. The summed E-state index contributed by atoms with van der Waals surface area (Å²) in [6.45, 7) is 6.82. The zero-order valence-electron chi connectivity index (χ0n) is 11.9. The molecule has 0 saturated heterocycles. The fraction of sp³-hybridized carbons (Fsp3) is 0.867. The van der Waals surface area contributed by atoms with Gasteiger partial charge in [-0.15, -0.1) is 0 Å². The topological polar surface area (TPSA) is 15.3 Å². The van der Waals surface area contributed by atoms with E-state index in [0.29, 0.717) is 12.1 Å². The van der Waals surface area contributed by atoms with Gasteiger partial charge in [-0.2, -0.15) is 0 Å². The Morgan fingerprint density at radius 1 is 1.35 bits per heavy atom. The van der Waals surface area contributed by atoms with Gasteiger partial charge in [-0.1, -0.05) is 31.9 Å². The van der Waals surface area contributed by atoms with Crippen LogP contribution < -0.4 is 5.32 Å². The quantitative estimate of drug-likeness (QED) is 0.715. The predicted molar refractivity (Wildman–Crippen MR) is 76.4 cm³/mol. The molecule has 1 aliphatic rings. The van der Waals surface area contributed by atoms with E-state index in [4.69, 9.17) is 0 Å². The van der Waals surface area contributed by atoms with E-state index >= 15 is 0 Å². The average Bonchev–Trinajstić information content (AvgIpc) is 2.30. The minimum atomic E-state index is 0.612. The zero-order valence-corrected chi connectivity index (χ0v) is 11.9. The number of likely N-dealkylation sites (N-methyl/N-ethyl adjacent to an activating group) is 1. The lowest BCUT2D eigenvalue weighted by atomic mass is 10.0. The molecule has 0 saturated carbocycles. The molecule has 2 atom stereocenters. The van der Waals surface area contributed by atoms with E-state index in [2.05, 4.69) is 43.3 Å². The highest BCUT2D eigenvalue weighted by atomic mass is 15.1. The molecule has 100 valence electrons. The maximum atomic E-state index is 3.67. The van der Waals surface area contributed by atoms with E-state index in [1.54, 1.807) is 0 Å². The summed E-state index contributed by atoms with van der Waals surface area (Å²) in [7, 11) is 2.23. The summed E-state index contributed by atoms with van der Waals surface area (Å²) < 4.78 is 0. The van der Waals surface area contributed by atoms with Crippen LogP contribution in [0.4, 0.5) is 0 Å². The largest absolute Gasteiger partial charge is 0.309 e. The van der Waals surface area contributed by atoms with Crippen molar-refractivity contribution in [2.75, 3.05) is 20.1 Å². The van der Waals surface area contributed by atoms with Crippen LogP contribution in [0.2, 0.25) is 0 Å². The Morgan fingerprint density at radius 3 is 2.94 bits per heavy atom. The van der Waals surface area contributed by atoms with Gasteiger partial charge in [0.2, 0.25) is 0 Å². The van der Waals surface area contributed by atoms with Gasteiger partial charge in [-0.3, -0.25) is 0 Å². The minimum Gasteiger partial charge on any atom is -0.309 e. The molecule has 0 amide bonds. The smallest absolute Gasteiger partial charge is 0.0250 e. The molecule has 1 aliphatic carbocycles. The van der Waals surface area contributed by atoms with E-state index in [1.807, 2.05) is 0 Å². The van der Waals surface area contributed by atoms with Crippen molar-refractivity contribution in [3.63, 3.8) is 0 Å². The highest BCUT2D eigenvalue weighted by molar-refractivity contribution is 4.94. The molecule has 0 radical (unpaired) electrons. The van der Waals surface area contributed by atoms with Crippen LogP contribution in [0.5, 0.6) is 0 Å². The molecular weight excluding hydrogens is 208 g/mol. The van der Waals surface area contributed by atoms with Gasteiger partial charge in [0.05, 0.1) is 0 Å². The van der Waals surface area contributed by atoms with Crippen molar-refractivity contribution >= 4 is 0 Å². The lowest BCUT2D eigenvalue weighted by Crippen LogP contribution is -2.38. The maximum absolute atomic E-state index is 3.67. The van der Waals surface area contributed by atoms with Gasteiger partial charge in [0.1, 0.15) is 0 Å². The molecule has 1 N–H and O–H groups in total. The van der Waals surface area contributed by atoms with E-state index < -0.39 is 0 Å². The molecule has 0 aliphatic heterocycles. The molecule has 2 heteroatoms. The lowest BCUT2D eigenvalue weighted by molar-refractivity contribution is 0.249. The molecule has 0 aromatic carbocycles. The summed E-state index contributed by atoms with van der Waals surface area (Å²) in [5, 5.41) is 3.67. The normalized spacial score (nSPS) is 25.3. The first-order valence-electron chi connectivity index (χ1n) is 7.34. The van der Waals surface area contributed by atoms with Crippen molar-refractivity contribution in [1.82, 2.24) is 10.2 Å². The third-order valence-electron chi connectivity index (χ3n) is 3.97. The van der Waals surface area contributed by atoms with Gasteiger partial charge in [-0.25, -0.2) is 0 Å². The number of allylic oxidation sites excluding steroid dienone is 1. The summed E-state index contributed by atoms with van der Waals surface area (Å²) in [5.74, 6) is 0. The van der Waals surface area contributed by atoms with E-state index in [0.717, 1.165) is 13.1 Å². The monoisotopic (exact) mass is 238 g/mol. The molecule has 2 unspecified atom stereocenters. The molecule has 2 nitrogen and oxygen atoms in total. The Kier molecular flexibility index (Phi) is 7.54. The Balaban J connectivity index is 2.18. The van der Waals surface area contributed by atoms with Crippen molar-refractivity contribution < 1.29 is 0 Å². The molecule has 1 rings (SSSR count). The van der Waals surface area contributed by atoms with Gasteiger partial charge < -0.3 is 10.2 Å². The SMILES string of the molecule is CCC(C)N(C)CCNC1/C=C/CCCCC1. The van der Waals surface area contributed by atoms with Crippen LogP contribution in [0, 0.1) is 0 Å².